The molecule has 1 aliphatic heterocycles. The predicted molar refractivity (Wildman–Crippen MR) is 112 cm³/mol. The van der Waals surface area contributed by atoms with Gasteiger partial charge >= 0.3 is 5.97 Å². The smallest absolute Gasteiger partial charge is 0.313 e. The lowest BCUT2D eigenvalue weighted by molar-refractivity contribution is -0.146. The van der Waals surface area contributed by atoms with E-state index in [0.717, 1.165) is 46.6 Å². The van der Waals surface area contributed by atoms with Crippen LogP contribution in [-0.2, 0) is 16.1 Å². The molecule has 0 saturated heterocycles. The first-order valence-corrected chi connectivity index (χ1v) is 11.1. The maximum atomic E-state index is 13.0. The van der Waals surface area contributed by atoms with Crippen LogP contribution in [-0.4, -0.2) is 17.5 Å². The molecule has 2 aromatic rings. The third-order valence-electron chi connectivity index (χ3n) is 6.05. The molecule has 2 aromatic carbocycles. The topological polar surface area (TPSA) is 43.4 Å². The highest BCUT2D eigenvalue weighted by atomic mass is 32.2. The first-order valence-electron chi connectivity index (χ1n) is 10.1. The van der Waals surface area contributed by atoms with Crippen molar-refractivity contribution in [1.29, 1.82) is 0 Å². The van der Waals surface area contributed by atoms with Crippen molar-refractivity contribution in [1.82, 2.24) is 0 Å². The van der Waals surface area contributed by atoms with E-state index in [1.54, 1.807) is 11.8 Å². The number of benzene rings is 2. The molecule has 3 nitrogen and oxygen atoms in total. The molecule has 28 heavy (non-hydrogen) atoms. The summed E-state index contributed by atoms with van der Waals surface area (Å²) in [5.74, 6) is 1.39. The van der Waals surface area contributed by atoms with Gasteiger partial charge in [-0.05, 0) is 48.9 Å². The molecule has 4 rings (SSSR count). The Morgan fingerprint density at radius 1 is 1.14 bits per heavy atom. The zero-order valence-corrected chi connectivity index (χ0v) is 17.0. The third kappa shape index (κ3) is 4.02. The number of ketones is 1. The van der Waals surface area contributed by atoms with Gasteiger partial charge in [0.1, 0.15) is 6.61 Å². The summed E-state index contributed by atoms with van der Waals surface area (Å²) in [5, 5.41) is 0. The Labute approximate surface area is 170 Å². The minimum Gasteiger partial charge on any atom is -0.460 e. The summed E-state index contributed by atoms with van der Waals surface area (Å²) in [4.78, 5) is 26.6. The number of esters is 1. The van der Waals surface area contributed by atoms with Gasteiger partial charge in [-0.1, -0.05) is 49.2 Å². The number of hydrogen-bond donors (Lipinski definition) is 0. The van der Waals surface area contributed by atoms with E-state index in [0.29, 0.717) is 11.7 Å². The van der Waals surface area contributed by atoms with Gasteiger partial charge in [0.05, 0.1) is 5.92 Å². The zero-order valence-electron chi connectivity index (χ0n) is 16.2. The van der Waals surface area contributed by atoms with Crippen LogP contribution in [0, 0.1) is 11.8 Å². The second-order valence-electron chi connectivity index (χ2n) is 7.90. The average Bonchev–Trinajstić information content (AvgIpc) is 2.89. The molecule has 0 spiro atoms. The summed E-state index contributed by atoms with van der Waals surface area (Å²) in [6.07, 6.45) is 4.58. The monoisotopic (exact) mass is 394 g/mol. The molecule has 146 valence electrons. The first-order chi connectivity index (χ1) is 13.6. The maximum absolute atomic E-state index is 13.0. The Balaban J connectivity index is 1.48. The van der Waals surface area contributed by atoms with Gasteiger partial charge in [-0.25, -0.2) is 0 Å². The van der Waals surface area contributed by atoms with Crippen LogP contribution < -0.4 is 0 Å². The minimum atomic E-state index is -0.352. The van der Waals surface area contributed by atoms with E-state index >= 15 is 0 Å². The van der Waals surface area contributed by atoms with E-state index in [1.165, 1.54) is 6.42 Å². The van der Waals surface area contributed by atoms with Gasteiger partial charge < -0.3 is 4.74 Å². The van der Waals surface area contributed by atoms with Crippen LogP contribution >= 0.6 is 11.8 Å². The Morgan fingerprint density at radius 3 is 2.75 bits per heavy atom. The molecule has 0 bridgehead atoms. The van der Waals surface area contributed by atoms with Crippen LogP contribution in [0.25, 0.3) is 0 Å². The molecular weight excluding hydrogens is 368 g/mol. The van der Waals surface area contributed by atoms with Crippen LogP contribution in [0.4, 0.5) is 0 Å². The molecular formula is C24H26O3S. The maximum Gasteiger partial charge on any atom is 0.313 e. The molecule has 0 amide bonds. The summed E-state index contributed by atoms with van der Waals surface area (Å²) in [7, 11) is 0. The van der Waals surface area contributed by atoms with Gasteiger partial charge in [-0.2, -0.15) is 0 Å². The van der Waals surface area contributed by atoms with E-state index in [-0.39, 0.29) is 24.4 Å². The molecule has 3 unspecified atom stereocenters. The van der Waals surface area contributed by atoms with Gasteiger partial charge in [-0.15, -0.1) is 11.8 Å². The Morgan fingerprint density at radius 2 is 1.93 bits per heavy atom. The summed E-state index contributed by atoms with van der Waals surface area (Å²) in [5.41, 5.74) is 2.74. The fourth-order valence-corrected chi connectivity index (χ4v) is 5.61. The molecule has 1 heterocycles. The van der Waals surface area contributed by atoms with Crippen LogP contribution in [0.1, 0.15) is 60.0 Å². The number of rotatable bonds is 4. The fourth-order valence-electron chi connectivity index (χ4n) is 4.27. The first kappa shape index (κ1) is 19.3. The van der Waals surface area contributed by atoms with Crippen molar-refractivity contribution >= 4 is 23.5 Å². The zero-order chi connectivity index (χ0) is 19.5. The van der Waals surface area contributed by atoms with E-state index in [4.69, 9.17) is 4.74 Å². The second-order valence-corrected chi connectivity index (χ2v) is 8.96. The third-order valence-corrected chi connectivity index (χ3v) is 7.29. The van der Waals surface area contributed by atoms with Crippen molar-refractivity contribution in [3.63, 3.8) is 0 Å². The lowest BCUT2D eigenvalue weighted by Crippen LogP contribution is -2.27. The van der Waals surface area contributed by atoms with Gasteiger partial charge in [-0.3, -0.25) is 9.59 Å². The Hall–Kier alpha value is -2.07. The Kier molecular flexibility index (Phi) is 5.86. The molecule has 0 aromatic heterocycles. The normalized spacial score (nSPS) is 22.5. The van der Waals surface area contributed by atoms with E-state index in [9.17, 15) is 9.59 Å². The van der Waals surface area contributed by atoms with Crippen molar-refractivity contribution < 1.29 is 14.3 Å². The van der Waals surface area contributed by atoms with Gasteiger partial charge in [0.2, 0.25) is 0 Å². The molecule has 3 atom stereocenters. The highest BCUT2D eigenvalue weighted by Crippen LogP contribution is 2.42. The van der Waals surface area contributed by atoms with E-state index < -0.39 is 0 Å². The van der Waals surface area contributed by atoms with Crippen molar-refractivity contribution in [2.24, 2.45) is 11.8 Å². The lowest BCUT2D eigenvalue weighted by atomic mass is 9.76. The average molecular weight is 395 g/mol. The summed E-state index contributed by atoms with van der Waals surface area (Å²) in [6, 6.07) is 15.6. The van der Waals surface area contributed by atoms with Crippen molar-refractivity contribution in [3.8, 4) is 0 Å². The van der Waals surface area contributed by atoms with Crippen LogP contribution in [0.15, 0.2) is 53.4 Å². The Bertz CT molecular complexity index is 861. The lowest BCUT2D eigenvalue weighted by Gasteiger charge is -2.28. The van der Waals surface area contributed by atoms with Crippen molar-refractivity contribution in [2.45, 2.75) is 50.0 Å². The second kappa shape index (κ2) is 8.52. The molecule has 4 heteroatoms. The molecule has 0 radical (unpaired) electrons. The van der Waals surface area contributed by atoms with Crippen LogP contribution in [0.5, 0.6) is 0 Å². The number of carbonyl (C=O) groups is 2. The van der Waals surface area contributed by atoms with E-state index in [1.807, 2.05) is 55.5 Å². The number of Topliss-reactive ketones (excluding diaryl/α,β-unsaturated/α-hetero) is 1. The van der Waals surface area contributed by atoms with Crippen molar-refractivity contribution in [3.05, 3.63) is 65.2 Å². The highest BCUT2D eigenvalue weighted by Gasteiger charge is 2.35. The fraction of sp³-hybridized carbons (Fsp3) is 0.417. The highest BCUT2D eigenvalue weighted by molar-refractivity contribution is 7.99. The molecule has 1 saturated carbocycles. The summed E-state index contributed by atoms with van der Waals surface area (Å²) >= 11 is 1.78. The molecule has 0 N–H and O–H groups in total. The SMILES string of the molecule is CC(C(=O)OCc1ccccc1)c1ccc2c(c1)SCC1CCCCC1C2=O. The number of ether oxygens (including phenoxy) is 1. The summed E-state index contributed by atoms with van der Waals surface area (Å²) < 4.78 is 5.50. The number of fused-ring (bicyclic) bond motifs is 2. The number of thioether (sulfide) groups is 1. The molecule has 2 aliphatic rings. The minimum absolute atomic E-state index is 0.182. The van der Waals surface area contributed by atoms with E-state index in [2.05, 4.69) is 0 Å². The van der Waals surface area contributed by atoms with Crippen LogP contribution in [0.3, 0.4) is 0 Å². The largest absolute Gasteiger partial charge is 0.460 e. The standard InChI is InChI=1S/C24H26O3S/c1-16(24(26)27-14-17-7-3-2-4-8-17)18-11-12-21-22(13-18)28-15-19-9-5-6-10-20(19)23(21)25/h2-4,7-8,11-13,16,19-20H,5-6,9-10,14-15H2,1H3. The quantitative estimate of drug-likeness (QED) is 0.631. The van der Waals surface area contributed by atoms with Gasteiger partial charge in [0.15, 0.2) is 5.78 Å². The molecule has 1 fully saturated rings. The molecule has 1 aliphatic carbocycles. The predicted octanol–water partition coefficient (Wildman–Crippen LogP) is 5.63. The van der Waals surface area contributed by atoms with Gasteiger partial charge in [0, 0.05) is 22.1 Å². The van der Waals surface area contributed by atoms with Crippen molar-refractivity contribution in [2.75, 3.05) is 5.75 Å². The summed E-state index contributed by atoms with van der Waals surface area (Å²) in [6.45, 7) is 2.16. The number of hydrogen-bond acceptors (Lipinski definition) is 4. The van der Waals surface area contributed by atoms with Crippen LogP contribution in [0.2, 0.25) is 0 Å². The van der Waals surface area contributed by atoms with Gasteiger partial charge in [0.25, 0.3) is 0 Å². The number of carbonyl (C=O) groups excluding carboxylic acids is 2.